The molecule has 0 fully saturated rings. The van der Waals surface area contributed by atoms with Crippen molar-refractivity contribution in [3.8, 4) is 17.0 Å². The molecular weight excluding hydrogens is 219 g/mol. The van der Waals surface area contributed by atoms with Crippen LogP contribution in [0.5, 0.6) is 5.88 Å². The summed E-state index contributed by atoms with van der Waals surface area (Å²) in [6.07, 6.45) is 1.65. The number of ether oxygens (including phenoxy) is 1. The fourth-order valence-corrected chi connectivity index (χ4v) is 1.70. The molecule has 0 radical (unpaired) electrons. The molecule has 3 nitrogen and oxygen atoms in total. The van der Waals surface area contributed by atoms with Crippen molar-refractivity contribution >= 4 is 0 Å². The predicted octanol–water partition coefficient (Wildman–Crippen LogP) is 2.36. The number of methoxy groups -OCH3 is 1. The first-order chi connectivity index (χ1) is 8.24. The van der Waals surface area contributed by atoms with Crippen LogP contribution in [0.15, 0.2) is 36.5 Å². The van der Waals surface area contributed by atoms with E-state index in [4.69, 9.17) is 10.5 Å². The SMILES string of the molecule is COc1cc(-c2ccc(F)cc2CN)ccn1. The van der Waals surface area contributed by atoms with E-state index < -0.39 is 0 Å². The molecule has 2 aromatic rings. The Bertz CT molecular complexity index is 529. The van der Waals surface area contributed by atoms with Crippen molar-refractivity contribution in [3.63, 3.8) is 0 Å². The fraction of sp³-hybridized carbons (Fsp3) is 0.154. The monoisotopic (exact) mass is 232 g/mol. The highest BCUT2D eigenvalue weighted by Crippen LogP contribution is 2.26. The first-order valence-corrected chi connectivity index (χ1v) is 5.23. The Morgan fingerprint density at radius 2 is 2.12 bits per heavy atom. The molecule has 0 saturated carbocycles. The Labute approximate surface area is 99.1 Å². The third-order valence-electron chi connectivity index (χ3n) is 2.54. The zero-order chi connectivity index (χ0) is 12.3. The number of nitrogens with zero attached hydrogens (tertiary/aromatic N) is 1. The maximum absolute atomic E-state index is 13.1. The molecule has 1 aromatic carbocycles. The van der Waals surface area contributed by atoms with Gasteiger partial charge in [0, 0.05) is 18.8 Å². The van der Waals surface area contributed by atoms with Crippen molar-refractivity contribution in [1.29, 1.82) is 0 Å². The predicted molar refractivity (Wildman–Crippen MR) is 64.1 cm³/mol. The minimum Gasteiger partial charge on any atom is -0.481 e. The molecular formula is C13H13FN2O. The van der Waals surface area contributed by atoms with E-state index in [1.54, 1.807) is 25.4 Å². The van der Waals surface area contributed by atoms with E-state index in [1.165, 1.54) is 12.1 Å². The van der Waals surface area contributed by atoms with Crippen molar-refractivity contribution in [2.75, 3.05) is 7.11 Å². The highest BCUT2D eigenvalue weighted by Gasteiger charge is 2.06. The van der Waals surface area contributed by atoms with Gasteiger partial charge >= 0.3 is 0 Å². The fourth-order valence-electron chi connectivity index (χ4n) is 1.70. The first kappa shape index (κ1) is 11.5. The van der Waals surface area contributed by atoms with E-state index >= 15 is 0 Å². The zero-order valence-corrected chi connectivity index (χ0v) is 9.48. The quantitative estimate of drug-likeness (QED) is 0.883. The summed E-state index contributed by atoms with van der Waals surface area (Å²) in [5.74, 6) is 0.241. The standard InChI is InChI=1S/C13H13FN2O/c1-17-13-7-9(4-5-16-13)12-3-2-11(14)6-10(12)8-15/h2-7H,8,15H2,1H3. The first-order valence-electron chi connectivity index (χ1n) is 5.23. The summed E-state index contributed by atoms with van der Waals surface area (Å²) in [5.41, 5.74) is 8.19. The second kappa shape index (κ2) is 4.93. The van der Waals surface area contributed by atoms with E-state index in [1.807, 2.05) is 6.07 Å². The van der Waals surface area contributed by atoms with Crippen LogP contribution in [0.3, 0.4) is 0 Å². The lowest BCUT2D eigenvalue weighted by Crippen LogP contribution is -2.00. The minimum atomic E-state index is -0.282. The Balaban J connectivity index is 2.51. The van der Waals surface area contributed by atoms with Crippen LogP contribution in [0.2, 0.25) is 0 Å². The van der Waals surface area contributed by atoms with Crippen molar-refractivity contribution < 1.29 is 9.13 Å². The van der Waals surface area contributed by atoms with Gasteiger partial charge in [0.25, 0.3) is 0 Å². The number of aromatic nitrogens is 1. The maximum Gasteiger partial charge on any atom is 0.213 e. The maximum atomic E-state index is 13.1. The number of hydrogen-bond acceptors (Lipinski definition) is 3. The number of benzene rings is 1. The molecule has 0 atom stereocenters. The molecule has 0 aliphatic rings. The Hall–Kier alpha value is -1.94. The normalized spacial score (nSPS) is 10.3. The average Bonchev–Trinajstić information content (AvgIpc) is 2.38. The van der Waals surface area contributed by atoms with Crippen molar-refractivity contribution in [3.05, 3.63) is 47.9 Å². The Kier molecular flexibility index (Phi) is 3.35. The summed E-state index contributed by atoms with van der Waals surface area (Å²) in [4.78, 5) is 4.03. The number of nitrogens with two attached hydrogens (primary N) is 1. The number of rotatable bonds is 3. The molecule has 0 aliphatic carbocycles. The van der Waals surface area contributed by atoms with Gasteiger partial charge in [0.2, 0.25) is 5.88 Å². The van der Waals surface area contributed by atoms with Crippen molar-refractivity contribution in [2.24, 2.45) is 5.73 Å². The van der Waals surface area contributed by atoms with Crippen LogP contribution in [0.4, 0.5) is 4.39 Å². The van der Waals surface area contributed by atoms with Crippen LogP contribution in [-0.2, 0) is 6.54 Å². The van der Waals surface area contributed by atoms with Crippen LogP contribution in [0, 0.1) is 5.82 Å². The van der Waals surface area contributed by atoms with Crippen molar-refractivity contribution in [2.45, 2.75) is 6.54 Å². The zero-order valence-electron chi connectivity index (χ0n) is 9.48. The van der Waals surface area contributed by atoms with Gasteiger partial charge in [-0.15, -0.1) is 0 Å². The molecule has 1 heterocycles. The van der Waals surface area contributed by atoms with E-state index in [0.29, 0.717) is 5.88 Å². The Morgan fingerprint density at radius 1 is 1.29 bits per heavy atom. The van der Waals surface area contributed by atoms with Gasteiger partial charge < -0.3 is 10.5 Å². The molecule has 1 aromatic heterocycles. The van der Waals surface area contributed by atoms with Gasteiger partial charge in [0.05, 0.1) is 7.11 Å². The molecule has 17 heavy (non-hydrogen) atoms. The van der Waals surface area contributed by atoms with Gasteiger partial charge in [0.1, 0.15) is 5.82 Å². The van der Waals surface area contributed by atoms with Crippen molar-refractivity contribution in [1.82, 2.24) is 4.98 Å². The topological polar surface area (TPSA) is 48.1 Å². The van der Waals surface area contributed by atoms with Crippen LogP contribution >= 0.6 is 0 Å². The summed E-state index contributed by atoms with van der Waals surface area (Å²) in [7, 11) is 1.56. The molecule has 0 amide bonds. The van der Waals surface area contributed by atoms with Gasteiger partial charge in [-0.2, -0.15) is 0 Å². The molecule has 0 unspecified atom stereocenters. The molecule has 2 rings (SSSR count). The summed E-state index contributed by atoms with van der Waals surface area (Å²) >= 11 is 0. The summed E-state index contributed by atoms with van der Waals surface area (Å²) in [5, 5.41) is 0. The Morgan fingerprint density at radius 3 is 2.82 bits per heavy atom. The summed E-state index contributed by atoms with van der Waals surface area (Å²) < 4.78 is 18.2. The second-order valence-corrected chi connectivity index (χ2v) is 3.59. The molecule has 4 heteroatoms. The molecule has 0 saturated heterocycles. The largest absolute Gasteiger partial charge is 0.481 e. The molecule has 0 aliphatic heterocycles. The summed E-state index contributed by atoms with van der Waals surface area (Å²) in [6.45, 7) is 0.289. The number of hydrogen-bond donors (Lipinski definition) is 1. The lowest BCUT2D eigenvalue weighted by molar-refractivity contribution is 0.398. The van der Waals surface area contributed by atoms with Crippen LogP contribution in [0.1, 0.15) is 5.56 Å². The number of halogens is 1. The minimum absolute atomic E-state index is 0.282. The molecule has 0 spiro atoms. The molecule has 2 N–H and O–H groups in total. The van der Waals surface area contributed by atoms with E-state index in [9.17, 15) is 4.39 Å². The highest BCUT2D eigenvalue weighted by molar-refractivity contribution is 5.67. The summed E-state index contributed by atoms with van der Waals surface area (Å²) in [6, 6.07) is 8.22. The number of pyridine rings is 1. The van der Waals surface area contributed by atoms with Gasteiger partial charge in [-0.1, -0.05) is 6.07 Å². The lowest BCUT2D eigenvalue weighted by atomic mass is 10.0. The second-order valence-electron chi connectivity index (χ2n) is 3.59. The lowest BCUT2D eigenvalue weighted by Gasteiger charge is -2.09. The molecule has 0 bridgehead atoms. The van der Waals surface area contributed by atoms with Gasteiger partial charge in [-0.05, 0) is 34.9 Å². The van der Waals surface area contributed by atoms with E-state index in [2.05, 4.69) is 4.98 Å². The third kappa shape index (κ3) is 2.42. The third-order valence-corrected chi connectivity index (χ3v) is 2.54. The molecule has 88 valence electrons. The van der Waals surface area contributed by atoms with Crippen LogP contribution in [0.25, 0.3) is 11.1 Å². The average molecular weight is 232 g/mol. The van der Waals surface area contributed by atoms with Crippen LogP contribution in [-0.4, -0.2) is 12.1 Å². The van der Waals surface area contributed by atoms with E-state index in [0.717, 1.165) is 16.7 Å². The smallest absolute Gasteiger partial charge is 0.213 e. The van der Waals surface area contributed by atoms with E-state index in [-0.39, 0.29) is 12.4 Å². The van der Waals surface area contributed by atoms with Gasteiger partial charge in [-0.3, -0.25) is 0 Å². The highest BCUT2D eigenvalue weighted by atomic mass is 19.1. The van der Waals surface area contributed by atoms with Gasteiger partial charge in [0.15, 0.2) is 0 Å². The van der Waals surface area contributed by atoms with Gasteiger partial charge in [-0.25, -0.2) is 9.37 Å². The van der Waals surface area contributed by atoms with Crippen LogP contribution < -0.4 is 10.5 Å².